The molecule has 4 rings (SSSR count). The molecule has 2 N–H and O–H groups in total. The van der Waals surface area contributed by atoms with Crippen LogP contribution in [0.25, 0.3) is 0 Å². The van der Waals surface area contributed by atoms with Gasteiger partial charge in [0.25, 0.3) is 10.0 Å². The van der Waals surface area contributed by atoms with Gasteiger partial charge in [-0.15, -0.1) is 0 Å². The van der Waals surface area contributed by atoms with Crippen LogP contribution in [-0.4, -0.2) is 41.0 Å². The van der Waals surface area contributed by atoms with Crippen molar-refractivity contribution < 1.29 is 18.1 Å². The van der Waals surface area contributed by atoms with E-state index in [9.17, 15) is 8.42 Å². The average Bonchev–Trinajstić information content (AvgIpc) is 3.30. The fourth-order valence-electron chi connectivity index (χ4n) is 3.92. The lowest BCUT2D eigenvalue weighted by atomic mass is 10.1. The van der Waals surface area contributed by atoms with Crippen molar-refractivity contribution in [1.82, 2.24) is 4.72 Å². The molecular weight excluding hydrogens is 362 g/mol. The zero-order valence-electron chi connectivity index (χ0n) is 15.3. The summed E-state index contributed by atoms with van der Waals surface area (Å²) in [5, 5.41) is 0. The highest BCUT2D eigenvalue weighted by molar-refractivity contribution is 7.90. The van der Waals surface area contributed by atoms with Crippen molar-refractivity contribution >= 4 is 15.9 Å². The number of benzene rings is 2. The van der Waals surface area contributed by atoms with E-state index in [-0.39, 0.29) is 6.04 Å². The quantitative estimate of drug-likeness (QED) is 0.810. The highest BCUT2D eigenvalue weighted by Gasteiger charge is 2.32. The number of fused-ring (bicyclic) bond motifs is 1. The predicted octanol–water partition coefficient (Wildman–Crippen LogP) is 1.15. The maximum absolute atomic E-state index is 12.3. The summed E-state index contributed by atoms with van der Waals surface area (Å²) in [4.78, 5) is 6.50. The Morgan fingerprint density at radius 2 is 1.81 bits per heavy atom. The lowest BCUT2D eigenvalue weighted by molar-refractivity contribution is -0.918. The van der Waals surface area contributed by atoms with Gasteiger partial charge in [-0.05, 0) is 36.4 Å². The van der Waals surface area contributed by atoms with E-state index in [1.54, 1.807) is 25.3 Å². The standard InChI is InChI=1S/C20H23N3O3S/c1-26-16-10-8-15(9-11-16)18(23-12-4-5-13-23)14-21-20-17-6-2-3-7-19(17)27(24,25)22-20/h2-3,6-11,18H,4-5,12-14H2,1H3,(H,21,22)/p+1/t18-/m0/s1. The van der Waals surface area contributed by atoms with Crippen LogP contribution in [0.5, 0.6) is 5.75 Å². The minimum absolute atomic E-state index is 0.197. The van der Waals surface area contributed by atoms with Gasteiger partial charge < -0.3 is 9.64 Å². The summed E-state index contributed by atoms with van der Waals surface area (Å²) in [5.41, 5.74) is 1.86. The fourth-order valence-corrected chi connectivity index (χ4v) is 5.17. The molecular formula is C20H24N3O3S+. The first kappa shape index (κ1) is 18.0. The second kappa shape index (κ2) is 7.32. The van der Waals surface area contributed by atoms with Crippen LogP contribution in [0.4, 0.5) is 0 Å². The number of aliphatic imine (C=N–C) groups is 1. The van der Waals surface area contributed by atoms with Crippen molar-refractivity contribution in [2.24, 2.45) is 4.99 Å². The maximum atomic E-state index is 12.3. The van der Waals surface area contributed by atoms with Crippen LogP contribution < -0.4 is 14.4 Å². The van der Waals surface area contributed by atoms with Crippen LogP contribution in [0, 0.1) is 0 Å². The molecule has 1 atom stereocenters. The topological polar surface area (TPSA) is 72.2 Å². The third kappa shape index (κ3) is 3.57. The van der Waals surface area contributed by atoms with Crippen LogP contribution >= 0.6 is 0 Å². The first-order valence-corrected chi connectivity index (χ1v) is 10.7. The Hall–Kier alpha value is -2.38. The Morgan fingerprint density at radius 1 is 1.11 bits per heavy atom. The second-order valence-electron chi connectivity index (χ2n) is 6.98. The smallest absolute Gasteiger partial charge is 0.263 e. The normalized spacial score (nSPS) is 21.0. The zero-order valence-corrected chi connectivity index (χ0v) is 16.1. The van der Waals surface area contributed by atoms with E-state index in [2.05, 4.69) is 16.9 Å². The molecule has 0 bridgehead atoms. The van der Waals surface area contributed by atoms with Crippen LogP contribution in [-0.2, 0) is 10.0 Å². The third-order valence-electron chi connectivity index (χ3n) is 5.35. The zero-order chi connectivity index (χ0) is 18.9. The average molecular weight is 386 g/mol. The van der Waals surface area contributed by atoms with E-state index < -0.39 is 10.0 Å². The molecule has 0 aliphatic carbocycles. The SMILES string of the molecule is COc1ccc([C@H](CN=C2NS(=O)(=O)c3ccccc32)[NH+]2CCCC2)cc1. The van der Waals surface area contributed by atoms with E-state index in [0.29, 0.717) is 22.8 Å². The van der Waals surface area contributed by atoms with E-state index in [0.717, 1.165) is 18.8 Å². The van der Waals surface area contributed by atoms with E-state index in [1.807, 2.05) is 18.2 Å². The molecule has 0 spiro atoms. The Kier molecular flexibility index (Phi) is 4.88. The number of likely N-dealkylation sites (tertiary alicyclic amines) is 1. The minimum Gasteiger partial charge on any atom is -0.497 e. The number of nitrogens with zero attached hydrogens (tertiary/aromatic N) is 1. The molecule has 0 radical (unpaired) electrons. The van der Waals surface area contributed by atoms with E-state index in [4.69, 9.17) is 9.73 Å². The number of rotatable bonds is 5. The lowest BCUT2D eigenvalue weighted by Crippen LogP contribution is -3.10. The van der Waals surface area contributed by atoms with Crippen LogP contribution in [0.1, 0.15) is 30.0 Å². The van der Waals surface area contributed by atoms with Crippen LogP contribution in [0.15, 0.2) is 58.4 Å². The Bertz CT molecular complexity index is 949. The Balaban J connectivity index is 1.63. The molecule has 7 heteroatoms. The molecule has 6 nitrogen and oxygen atoms in total. The molecule has 1 saturated heterocycles. The largest absolute Gasteiger partial charge is 0.497 e. The van der Waals surface area contributed by atoms with Gasteiger partial charge in [0, 0.05) is 24.0 Å². The molecule has 1 fully saturated rings. The van der Waals surface area contributed by atoms with E-state index in [1.165, 1.54) is 23.3 Å². The molecule has 2 aromatic rings. The molecule has 27 heavy (non-hydrogen) atoms. The highest BCUT2D eigenvalue weighted by atomic mass is 32.2. The van der Waals surface area contributed by atoms with Crippen molar-refractivity contribution in [3.63, 3.8) is 0 Å². The Morgan fingerprint density at radius 3 is 2.52 bits per heavy atom. The van der Waals surface area contributed by atoms with Gasteiger partial charge in [0.2, 0.25) is 0 Å². The summed E-state index contributed by atoms with van der Waals surface area (Å²) in [5.74, 6) is 1.28. The molecule has 0 saturated carbocycles. The number of amidine groups is 1. The summed E-state index contributed by atoms with van der Waals surface area (Å²) in [7, 11) is -1.84. The first-order chi connectivity index (χ1) is 13.1. The van der Waals surface area contributed by atoms with Gasteiger partial charge in [-0.1, -0.05) is 12.1 Å². The number of hydrogen-bond donors (Lipinski definition) is 2. The number of quaternary nitrogens is 1. The second-order valence-corrected chi connectivity index (χ2v) is 8.63. The van der Waals surface area contributed by atoms with Crippen molar-refractivity contribution in [2.45, 2.75) is 23.8 Å². The van der Waals surface area contributed by atoms with Gasteiger partial charge in [0.05, 0.1) is 31.6 Å². The minimum atomic E-state index is -3.50. The molecule has 0 aromatic heterocycles. The number of ether oxygens (including phenoxy) is 1. The molecule has 2 aromatic carbocycles. The van der Waals surface area contributed by atoms with Gasteiger partial charge >= 0.3 is 0 Å². The fraction of sp³-hybridized carbons (Fsp3) is 0.350. The molecule has 142 valence electrons. The Labute approximate surface area is 159 Å². The summed E-state index contributed by atoms with van der Waals surface area (Å²) in [6.45, 7) is 2.77. The van der Waals surface area contributed by atoms with Gasteiger partial charge in [0.15, 0.2) is 0 Å². The molecule has 0 amide bonds. The van der Waals surface area contributed by atoms with Crippen molar-refractivity contribution in [2.75, 3.05) is 26.7 Å². The van der Waals surface area contributed by atoms with Crippen molar-refractivity contribution in [3.8, 4) is 5.75 Å². The van der Waals surface area contributed by atoms with Crippen LogP contribution in [0.2, 0.25) is 0 Å². The molecule has 0 unspecified atom stereocenters. The first-order valence-electron chi connectivity index (χ1n) is 9.24. The van der Waals surface area contributed by atoms with Gasteiger partial charge in [-0.3, -0.25) is 9.71 Å². The highest BCUT2D eigenvalue weighted by Crippen LogP contribution is 2.23. The molecule has 2 aliphatic rings. The molecule has 2 aliphatic heterocycles. The monoisotopic (exact) mass is 386 g/mol. The number of hydrogen-bond acceptors (Lipinski definition) is 4. The maximum Gasteiger partial charge on any atom is 0.263 e. The summed E-state index contributed by atoms with van der Waals surface area (Å²) in [6.07, 6.45) is 2.43. The summed E-state index contributed by atoms with van der Waals surface area (Å²) in [6, 6.07) is 15.3. The summed E-state index contributed by atoms with van der Waals surface area (Å²) < 4.78 is 32.5. The lowest BCUT2D eigenvalue weighted by Gasteiger charge is -2.24. The van der Waals surface area contributed by atoms with Crippen molar-refractivity contribution in [3.05, 3.63) is 59.7 Å². The number of methoxy groups -OCH3 is 1. The van der Waals surface area contributed by atoms with E-state index >= 15 is 0 Å². The van der Waals surface area contributed by atoms with Crippen molar-refractivity contribution in [1.29, 1.82) is 0 Å². The van der Waals surface area contributed by atoms with Gasteiger partial charge in [-0.2, -0.15) is 0 Å². The number of nitrogens with one attached hydrogen (secondary N) is 2. The van der Waals surface area contributed by atoms with Crippen LogP contribution in [0.3, 0.4) is 0 Å². The summed E-state index contributed by atoms with van der Waals surface area (Å²) >= 11 is 0. The van der Waals surface area contributed by atoms with Gasteiger partial charge in [-0.25, -0.2) is 8.42 Å². The predicted molar refractivity (Wildman–Crippen MR) is 104 cm³/mol. The third-order valence-corrected chi connectivity index (χ3v) is 6.75. The van der Waals surface area contributed by atoms with Gasteiger partial charge in [0.1, 0.15) is 17.6 Å². The molecule has 2 heterocycles. The number of sulfonamides is 1.